The lowest BCUT2D eigenvalue weighted by atomic mass is 9.95. The summed E-state index contributed by atoms with van der Waals surface area (Å²) in [5, 5.41) is 0.692. The highest BCUT2D eigenvalue weighted by Crippen LogP contribution is 2.36. The van der Waals surface area contributed by atoms with Crippen LogP contribution >= 0.6 is 11.6 Å². The molecule has 88 valence electrons. The van der Waals surface area contributed by atoms with E-state index in [0.717, 1.165) is 11.3 Å². The Morgan fingerprint density at radius 1 is 1.00 bits per heavy atom. The van der Waals surface area contributed by atoms with Crippen molar-refractivity contribution in [3.8, 4) is 16.9 Å². The van der Waals surface area contributed by atoms with Gasteiger partial charge in [0.05, 0.1) is 7.11 Å². The molecule has 2 rings (SSSR count). The molecule has 0 radical (unpaired) electrons. The van der Waals surface area contributed by atoms with E-state index in [1.807, 2.05) is 18.2 Å². The molecule has 2 aromatic carbocycles. The molecule has 0 saturated carbocycles. The molecule has 0 aliphatic heterocycles. The minimum absolute atomic E-state index is 0.692. The van der Waals surface area contributed by atoms with Crippen molar-refractivity contribution in [2.24, 2.45) is 0 Å². The molecule has 0 N–H and O–H groups in total. The number of ether oxygens (including phenoxy) is 1. The maximum absolute atomic E-state index is 5.98. The molecule has 0 aliphatic carbocycles. The van der Waals surface area contributed by atoms with Gasteiger partial charge in [-0.05, 0) is 48.7 Å². The van der Waals surface area contributed by atoms with E-state index >= 15 is 0 Å². The molecule has 0 saturated heterocycles. The Bertz CT molecular complexity index is 526. The molecule has 0 atom stereocenters. The van der Waals surface area contributed by atoms with Crippen LogP contribution in [0.4, 0.5) is 0 Å². The Balaban J connectivity index is 2.68. The van der Waals surface area contributed by atoms with Gasteiger partial charge >= 0.3 is 0 Å². The third-order valence-corrected chi connectivity index (χ3v) is 3.15. The Labute approximate surface area is 107 Å². The van der Waals surface area contributed by atoms with Gasteiger partial charge < -0.3 is 4.74 Å². The smallest absolute Gasteiger partial charge is 0.128 e. The number of hydrogen-bond donors (Lipinski definition) is 0. The lowest BCUT2D eigenvalue weighted by molar-refractivity contribution is 0.416. The summed E-state index contributed by atoms with van der Waals surface area (Å²) in [6, 6.07) is 12.0. The van der Waals surface area contributed by atoms with Crippen LogP contribution < -0.4 is 4.74 Å². The predicted molar refractivity (Wildman–Crippen MR) is 72.9 cm³/mol. The Kier molecular flexibility index (Phi) is 3.39. The summed E-state index contributed by atoms with van der Waals surface area (Å²) in [5.74, 6) is 0.815. The van der Waals surface area contributed by atoms with Crippen LogP contribution in [0, 0.1) is 13.8 Å². The number of methoxy groups -OCH3 is 1. The van der Waals surface area contributed by atoms with Crippen molar-refractivity contribution in [2.45, 2.75) is 13.8 Å². The highest BCUT2D eigenvalue weighted by Gasteiger charge is 2.10. The summed E-state index contributed by atoms with van der Waals surface area (Å²) in [4.78, 5) is 0. The van der Waals surface area contributed by atoms with Crippen molar-refractivity contribution in [3.05, 3.63) is 52.5 Å². The fourth-order valence-corrected chi connectivity index (χ4v) is 2.27. The molecular formula is C15H15ClO. The number of aryl methyl sites for hydroxylation is 2. The van der Waals surface area contributed by atoms with E-state index in [2.05, 4.69) is 32.0 Å². The number of halogens is 1. The quantitative estimate of drug-likeness (QED) is 0.751. The molecule has 0 aromatic heterocycles. The van der Waals surface area contributed by atoms with E-state index in [9.17, 15) is 0 Å². The van der Waals surface area contributed by atoms with Crippen LogP contribution in [0.15, 0.2) is 36.4 Å². The Morgan fingerprint density at radius 2 is 1.65 bits per heavy atom. The van der Waals surface area contributed by atoms with Crippen molar-refractivity contribution < 1.29 is 4.74 Å². The van der Waals surface area contributed by atoms with E-state index in [-0.39, 0.29) is 0 Å². The minimum atomic E-state index is 0.692. The topological polar surface area (TPSA) is 9.23 Å². The molecule has 0 aliphatic rings. The molecule has 0 fully saturated rings. The average molecular weight is 247 g/mol. The van der Waals surface area contributed by atoms with Gasteiger partial charge in [0.15, 0.2) is 0 Å². The zero-order valence-electron chi connectivity index (χ0n) is 10.3. The van der Waals surface area contributed by atoms with Gasteiger partial charge in [0.25, 0.3) is 0 Å². The summed E-state index contributed by atoms with van der Waals surface area (Å²) in [7, 11) is 1.67. The standard InChI is InChI=1S/C15H15ClO/c1-10-5-4-6-11(2)15(10)13-8-7-12(16)9-14(13)17-3/h4-9H,1-3H3. The van der Waals surface area contributed by atoms with E-state index in [1.165, 1.54) is 16.7 Å². The van der Waals surface area contributed by atoms with Gasteiger partial charge in [-0.1, -0.05) is 29.8 Å². The van der Waals surface area contributed by atoms with Gasteiger partial charge in [0.2, 0.25) is 0 Å². The highest BCUT2D eigenvalue weighted by atomic mass is 35.5. The lowest BCUT2D eigenvalue weighted by Gasteiger charge is -2.14. The first-order valence-electron chi connectivity index (χ1n) is 5.53. The van der Waals surface area contributed by atoms with E-state index in [1.54, 1.807) is 7.11 Å². The van der Waals surface area contributed by atoms with E-state index in [0.29, 0.717) is 5.02 Å². The second-order valence-electron chi connectivity index (χ2n) is 4.11. The summed E-state index contributed by atoms with van der Waals surface area (Å²) in [5.41, 5.74) is 4.80. The summed E-state index contributed by atoms with van der Waals surface area (Å²) < 4.78 is 5.41. The maximum atomic E-state index is 5.98. The zero-order valence-corrected chi connectivity index (χ0v) is 11.0. The molecular weight excluding hydrogens is 232 g/mol. The number of rotatable bonds is 2. The van der Waals surface area contributed by atoms with Crippen LogP contribution in [0.5, 0.6) is 5.75 Å². The molecule has 0 heterocycles. The normalized spacial score (nSPS) is 10.4. The molecule has 17 heavy (non-hydrogen) atoms. The van der Waals surface area contributed by atoms with Crippen LogP contribution in [0.2, 0.25) is 5.02 Å². The molecule has 1 nitrogen and oxygen atoms in total. The van der Waals surface area contributed by atoms with Crippen molar-refractivity contribution in [1.82, 2.24) is 0 Å². The van der Waals surface area contributed by atoms with Gasteiger partial charge in [0, 0.05) is 10.6 Å². The van der Waals surface area contributed by atoms with E-state index in [4.69, 9.17) is 16.3 Å². The first kappa shape index (κ1) is 12.0. The Hall–Kier alpha value is -1.47. The van der Waals surface area contributed by atoms with Gasteiger partial charge in [-0.25, -0.2) is 0 Å². The summed E-state index contributed by atoms with van der Waals surface area (Å²) in [6.07, 6.45) is 0. The van der Waals surface area contributed by atoms with Crippen molar-refractivity contribution in [2.75, 3.05) is 7.11 Å². The van der Waals surface area contributed by atoms with Crippen LogP contribution in [-0.2, 0) is 0 Å². The zero-order chi connectivity index (χ0) is 12.4. The SMILES string of the molecule is COc1cc(Cl)ccc1-c1c(C)cccc1C. The fraction of sp³-hybridized carbons (Fsp3) is 0.200. The highest BCUT2D eigenvalue weighted by molar-refractivity contribution is 6.30. The van der Waals surface area contributed by atoms with Crippen molar-refractivity contribution >= 4 is 11.6 Å². The minimum Gasteiger partial charge on any atom is -0.496 e. The van der Waals surface area contributed by atoms with Gasteiger partial charge in [-0.2, -0.15) is 0 Å². The predicted octanol–water partition coefficient (Wildman–Crippen LogP) is 4.63. The first-order valence-corrected chi connectivity index (χ1v) is 5.91. The summed E-state index contributed by atoms with van der Waals surface area (Å²) in [6.45, 7) is 4.22. The number of hydrogen-bond acceptors (Lipinski definition) is 1. The summed E-state index contributed by atoms with van der Waals surface area (Å²) >= 11 is 5.98. The van der Waals surface area contributed by atoms with Crippen LogP contribution in [0.25, 0.3) is 11.1 Å². The third-order valence-electron chi connectivity index (χ3n) is 2.91. The third kappa shape index (κ3) is 2.29. The van der Waals surface area contributed by atoms with Crippen molar-refractivity contribution in [3.63, 3.8) is 0 Å². The molecule has 0 bridgehead atoms. The van der Waals surface area contributed by atoms with Gasteiger partial charge in [-0.15, -0.1) is 0 Å². The molecule has 2 aromatic rings. The maximum Gasteiger partial charge on any atom is 0.128 e. The second kappa shape index (κ2) is 4.80. The second-order valence-corrected chi connectivity index (χ2v) is 4.55. The first-order chi connectivity index (χ1) is 8.13. The molecule has 0 unspecified atom stereocenters. The van der Waals surface area contributed by atoms with Crippen LogP contribution in [0.3, 0.4) is 0 Å². The van der Waals surface area contributed by atoms with Crippen LogP contribution in [-0.4, -0.2) is 7.11 Å². The van der Waals surface area contributed by atoms with Gasteiger partial charge in [-0.3, -0.25) is 0 Å². The van der Waals surface area contributed by atoms with Gasteiger partial charge in [0.1, 0.15) is 5.75 Å². The molecule has 2 heteroatoms. The number of benzene rings is 2. The fourth-order valence-electron chi connectivity index (χ4n) is 2.11. The largest absolute Gasteiger partial charge is 0.496 e. The lowest BCUT2D eigenvalue weighted by Crippen LogP contribution is -1.92. The molecule has 0 amide bonds. The Morgan fingerprint density at radius 3 is 2.24 bits per heavy atom. The van der Waals surface area contributed by atoms with Crippen molar-refractivity contribution in [1.29, 1.82) is 0 Å². The average Bonchev–Trinajstić information content (AvgIpc) is 2.30. The van der Waals surface area contributed by atoms with E-state index < -0.39 is 0 Å². The monoisotopic (exact) mass is 246 g/mol. The van der Waals surface area contributed by atoms with Crippen LogP contribution in [0.1, 0.15) is 11.1 Å². The molecule has 0 spiro atoms.